The number of nitrogens with zero attached hydrogens (tertiary/aromatic N) is 1. The van der Waals surface area contributed by atoms with E-state index < -0.39 is 17.6 Å². The second-order valence-corrected chi connectivity index (χ2v) is 7.44. The molecule has 4 rings (SSSR count). The van der Waals surface area contributed by atoms with Gasteiger partial charge in [0.2, 0.25) is 0 Å². The first-order valence-corrected chi connectivity index (χ1v) is 9.76. The molecule has 1 aliphatic heterocycles. The minimum atomic E-state index is -0.446. The van der Waals surface area contributed by atoms with Gasteiger partial charge in [-0.3, -0.25) is 9.59 Å². The van der Waals surface area contributed by atoms with E-state index in [0.29, 0.717) is 22.9 Å². The predicted molar refractivity (Wildman–Crippen MR) is 116 cm³/mol. The molecule has 0 radical (unpaired) electrons. The molecular weight excluding hydrogens is 379 g/mol. The van der Waals surface area contributed by atoms with Gasteiger partial charge in [-0.05, 0) is 53.4 Å². The highest BCUT2D eigenvalue weighted by molar-refractivity contribution is 6.46. The first-order chi connectivity index (χ1) is 14.5. The van der Waals surface area contributed by atoms with Crippen LogP contribution in [-0.4, -0.2) is 11.8 Å². The van der Waals surface area contributed by atoms with Gasteiger partial charge in [-0.15, -0.1) is 0 Å². The molecule has 30 heavy (non-hydrogen) atoms. The molecule has 3 aromatic carbocycles. The average Bonchev–Trinajstić information content (AvgIpc) is 2.99. The summed E-state index contributed by atoms with van der Waals surface area (Å²) in [5.74, 6) is -0.913. The Morgan fingerprint density at radius 2 is 1.43 bits per heavy atom. The summed E-state index contributed by atoms with van der Waals surface area (Å²) in [5.41, 5.74) is 3.23. The maximum Gasteiger partial charge on any atom is 0.282 e. The van der Waals surface area contributed by atoms with Crippen molar-refractivity contribution in [2.45, 2.75) is 19.8 Å². The molecule has 0 aromatic heterocycles. The molecule has 2 amide bonds. The third kappa shape index (κ3) is 3.62. The summed E-state index contributed by atoms with van der Waals surface area (Å²) < 4.78 is 13.4. The Kier molecular flexibility index (Phi) is 5.19. The van der Waals surface area contributed by atoms with Gasteiger partial charge in [0.15, 0.2) is 0 Å². The van der Waals surface area contributed by atoms with Crippen LogP contribution < -0.4 is 10.2 Å². The molecule has 1 aliphatic rings. The SMILES string of the molecule is CC(C)c1ccc(NC2=C(c3ccc(F)cc3)C(=O)N(c3ccccc3)C2=O)cc1. The van der Waals surface area contributed by atoms with Crippen molar-refractivity contribution in [1.82, 2.24) is 0 Å². The summed E-state index contributed by atoms with van der Waals surface area (Å²) in [4.78, 5) is 27.7. The van der Waals surface area contributed by atoms with Gasteiger partial charge in [-0.25, -0.2) is 9.29 Å². The van der Waals surface area contributed by atoms with E-state index in [1.54, 1.807) is 24.3 Å². The van der Waals surface area contributed by atoms with E-state index in [9.17, 15) is 14.0 Å². The summed E-state index contributed by atoms with van der Waals surface area (Å²) in [6, 6.07) is 22.1. The van der Waals surface area contributed by atoms with Gasteiger partial charge < -0.3 is 5.32 Å². The zero-order valence-electron chi connectivity index (χ0n) is 16.7. The summed E-state index contributed by atoms with van der Waals surface area (Å²) in [5, 5.41) is 3.12. The van der Waals surface area contributed by atoms with Gasteiger partial charge in [0, 0.05) is 5.69 Å². The number of anilines is 2. The predicted octanol–water partition coefficient (Wildman–Crippen LogP) is 5.35. The number of nitrogens with one attached hydrogen (secondary N) is 1. The highest BCUT2D eigenvalue weighted by atomic mass is 19.1. The number of imide groups is 1. The van der Waals surface area contributed by atoms with Crippen LogP contribution >= 0.6 is 0 Å². The first kappa shape index (κ1) is 19.6. The highest BCUT2D eigenvalue weighted by Crippen LogP contribution is 2.34. The van der Waals surface area contributed by atoms with Gasteiger partial charge in [0.1, 0.15) is 11.5 Å². The van der Waals surface area contributed by atoms with Crippen molar-refractivity contribution >= 4 is 28.8 Å². The lowest BCUT2D eigenvalue weighted by molar-refractivity contribution is -0.120. The Hall–Kier alpha value is -3.73. The molecule has 3 aromatic rings. The number of rotatable bonds is 5. The summed E-state index contributed by atoms with van der Waals surface area (Å²) in [7, 11) is 0. The van der Waals surface area contributed by atoms with E-state index >= 15 is 0 Å². The van der Waals surface area contributed by atoms with Gasteiger partial charge in [-0.1, -0.05) is 56.3 Å². The van der Waals surface area contributed by atoms with Crippen LogP contribution in [-0.2, 0) is 9.59 Å². The lowest BCUT2D eigenvalue weighted by atomic mass is 10.0. The van der Waals surface area contributed by atoms with Crippen molar-refractivity contribution < 1.29 is 14.0 Å². The molecule has 0 saturated heterocycles. The van der Waals surface area contributed by atoms with Crippen LogP contribution in [0.1, 0.15) is 30.9 Å². The number of carbonyl (C=O) groups is 2. The normalized spacial score (nSPS) is 14.1. The number of hydrogen-bond acceptors (Lipinski definition) is 3. The fourth-order valence-electron chi connectivity index (χ4n) is 3.44. The van der Waals surface area contributed by atoms with Crippen molar-refractivity contribution in [3.8, 4) is 0 Å². The fourth-order valence-corrected chi connectivity index (χ4v) is 3.44. The molecular formula is C25H21FN2O2. The molecule has 0 atom stereocenters. The second-order valence-electron chi connectivity index (χ2n) is 7.44. The van der Waals surface area contributed by atoms with Crippen LogP contribution in [0.5, 0.6) is 0 Å². The maximum atomic E-state index is 13.4. The highest BCUT2D eigenvalue weighted by Gasteiger charge is 2.40. The zero-order chi connectivity index (χ0) is 21.3. The molecule has 0 fully saturated rings. The van der Waals surface area contributed by atoms with Crippen LogP contribution in [0.15, 0.2) is 84.6 Å². The van der Waals surface area contributed by atoms with Gasteiger partial charge in [0.05, 0.1) is 11.3 Å². The Balaban J connectivity index is 1.77. The zero-order valence-corrected chi connectivity index (χ0v) is 16.7. The number of hydrogen-bond donors (Lipinski definition) is 1. The van der Waals surface area contributed by atoms with E-state index in [1.165, 1.54) is 29.8 Å². The lowest BCUT2D eigenvalue weighted by Crippen LogP contribution is -2.32. The monoisotopic (exact) mass is 400 g/mol. The number of para-hydroxylation sites is 1. The van der Waals surface area contributed by atoms with E-state index in [4.69, 9.17) is 0 Å². The van der Waals surface area contributed by atoms with E-state index in [2.05, 4.69) is 19.2 Å². The molecule has 0 saturated carbocycles. The van der Waals surface area contributed by atoms with E-state index in [-0.39, 0.29) is 11.3 Å². The largest absolute Gasteiger partial charge is 0.350 e. The second kappa shape index (κ2) is 7.95. The smallest absolute Gasteiger partial charge is 0.282 e. The summed E-state index contributed by atoms with van der Waals surface area (Å²) in [6.45, 7) is 4.21. The lowest BCUT2D eigenvalue weighted by Gasteiger charge is -2.15. The van der Waals surface area contributed by atoms with Crippen molar-refractivity contribution in [2.24, 2.45) is 0 Å². The van der Waals surface area contributed by atoms with Crippen LogP contribution in [0.25, 0.3) is 5.57 Å². The quantitative estimate of drug-likeness (QED) is 0.588. The Morgan fingerprint density at radius 1 is 0.800 bits per heavy atom. The number of carbonyl (C=O) groups excluding carboxylic acids is 2. The molecule has 0 aliphatic carbocycles. The molecule has 1 heterocycles. The number of benzene rings is 3. The third-order valence-electron chi connectivity index (χ3n) is 5.08. The van der Waals surface area contributed by atoms with Gasteiger partial charge in [-0.2, -0.15) is 0 Å². The molecule has 4 nitrogen and oxygen atoms in total. The number of halogens is 1. The molecule has 0 spiro atoms. The van der Waals surface area contributed by atoms with Crippen molar-refractivity contribution in [2.75, 3.05) is 10.2 Å². The minimum Gasteiger partial charge on any atom is -0.350 e. The van der Waals surface area contributed by atoms with Crippen LogP contribution in [0.3, 0.4) is 0 Å². The van der Waals surface area contributed by atoms with E-state index in [0.717, 1.165) is 4.90 Å². The topological polar surface area (TPSA) is 49.4 Å². The molecule has 150 valence electrons. The standard InChI is InChI=1S/C25H21FN2O2/c1-16(2)17-10-14-20(15-11-17)27-23-22(18-8-12-19(26)13-9-18)24(29)28(25(23)30)21-6-4-3-5-7-21/h3-16,27H,1-2H3. The molecule has 5 heteroatoms. The van der Waals surface area contributed by atoms with Crippen molar-refractivity contribution in [3.05, 3.63) is 102 Å². The third-order valence-corrected chi connectivity index (χ3v) is 5.08. The van der Waals surface area contributed by atoms with E-state index in [1.807, 2.05) is 30.3 Å². The van der Waals surface area contributed by atoms with Crippen molar-refractivity contribution in [3.63, 3.8) is 0 Å². The molecule has 1 N–H and O–H groups in total. The van der Waals surface area contributed by atoms with Crippen LogP contribution in [0, 0.1) is 5.82 Å². The number of amides is 2. The fraction of sp³-hybridized carbons (Fsp3) is 0.120. The van der Waals surface area contributed by atoms with Crippen LogP contribution in [0.2, 0.25) is 0 Å². The molecule has 0 unspecified atom stereocenters. The van der Waals surface area contributed by atoms with Crippen molar-refractivity contribution in [1.29, 1.82) is 0 Å². The Labute approximate surface area is 174 Å². The average molecular weight is 400 g/mol. The maximum absolute atomic E-state index is 13.4. The van der Waals surface area contributed by atoms with Gasteiger partial charge >= 0.3 is 0 Å². The minimum absolute atomic E-state index is 0.174. The summed E-state index contributed by atoms with van der Waals surface area (Å²) in [6.07, 6.45) is 0. The first-order valence-electron chi connectivity index (χ1n) is 9.76. The molecule has 0 bridgehead atoms. The Bertz CT molecular complexity index is 1120. The van der Waals surface area contributed by atoms with Gasteiger partial charge in [0.25, 0.3) is 11.8 Å². The summed E-state index contributed by atoms with van der Waals surface area (Å²) >= 11 is 0. The Morgan fingerprint density at radius 3 is 2.03 bits per heavy atom. The van der Waals surface area contributed by atoms with Crippen LogP contribution in [0.4, 0.5) is 15.8 Å².